The van der Waals surface area contributed by atoms with Crippen molar-refractivity contribution < 1.29 is 14.3 Å². The van der Waals surface area contributed by atoms with Crippen molar-refractivity contribution in [3.8, 4) is 11.5 Å². The maximum atomic E-state index is 13.5. The molecular formula is C24H28N2O3. The molecule has 0 spiro atoms. The first kappa shape index (κ1) is 19.5. The molecule has 0 radical (unpaired) electrons. The van der Waals surface area contributed by atoms with Gasteiger partial charge in [-0.05, 0) is 50.3 Å². The van der Waals surface area contributed by atoms with Crippen molar-refractivity contribution >= 4 is 16.7 Å². The Bertz CT molecular complexity index is 1030. The zero-order chi connectivity index (χ0) is 20.5. The van der Waals surface area contributed by atoms with Gasteiger partial charge in [-0.3, -0.25) is 4.79 Å². The van der Waals surface area contributed by atoms with Crippen LogP contribution >= 0.6 is 0 Å². The van der Waals surface area contributed by atoms with Crippen LogP contribution in [0.3, 0.4) is 0 Å². The summed E-state index contributed by atoms with van der Waals surface area (Å²) < 4.78 is 13.7. The quantitative estimate of drug-likeness (QED) is 0.557. The highest BCUT2D eigenvalue weighted by Crippen LogP contribution is 2.39. The highest BCUT2D eigenvalue weighted by molar-refractivity contribution is 6.18. The molecule has 1 aromatic heterocycles. The van der Waals surface area contributed by atoms with E-state index in [1.165, 1.54) is 0 Å². The maximum absolute atomic E-state index is 13.5. The van der Waals surface area contributed by atoms with Gasteiger partial charge in [0, 0.05) is 23.2 Å². The van der Waals surface area contributed by atoms with Crippen molar-refractivity contribution in [1.82, 2.24) is 9.47 Å². The normalized spacial score (nSPS) is 15.6. The Morgan fingerprint density at radius 3 is 2.55 bits per heavy atom. The number of hydrogen-bond donors (Lipinski definition) is 0. The number of carbonyl (C=O) groups excluding carboxylic acids is 1. The maximum Gasteiger partial charge on any atom is 0.195 e. The SMILES string of the molecule is CCN(CC)CC1COc2cccc3c(C(=O)c4ccc(OC)cc4)c(C)n1c23. The first-order valence-electron chi connectivity index (χ1n) is 10.3. The second-order valence-corrected chi connectivity index (χ2v) is 7.49. The summed E-state index contributed by atoms with van der Waals surface area (Å²) in [6.45, 7) is 9.93. The van der Waals surface area contributed by atoms with Gasteiger partial charge in [-0.1, -0.05) is 26.0 Å². The van der Waals surface area contributed by atoms with E-state index in [1.54, 1.807) is 7.11 Å². The molecular weight excluding hydrogens is 364 g/mol. The van der Waals surface area contributed by atoms with Crippen molar-refractivity contribution in [2.45, 2.75) is 26.8 Å². The topological polar surface area (TPSA) is 43.7 Å². The number of benzene rings is 2. The Labute approximate surface area is 171 Å². The lowest BCUT2D eigenvalue weighted by Gasteiger charge is -2.31. The average Bonchev–Trinajstić information content (AvgIpc) is 3.07. The smallest absolute Gasteiger partial charge is 0.195 e. The first-order chi connectivity index (χ1) is 14.1. The fourth-order valence-corrected chi connectivity index (χ4v) is 4.38. The Balaban J connectivity index is 1.83. The molecule has 0 fully saturated rings. The van der Waals surface area contributed by atoms with Gasteiger partial charge >= 0.3 is 0 Å². The van der Waals surface area contributed by atoms with Crippen molar-refractivity contribution in [1.29, 1.82) is 0 Å². The van der Waals surface area contributed by atoms with E-state index < -0.39 is 0 Å². The summed E-state index contributed by atoms with van der Waals surface area (Å²) >= 11 is 0. The van der Waals surface area contributed by atoms with Crippen molar-refractivity contribution in [2.75, 3.05) is 33.4 Å². The number of para-hydroxylation sites is 1. The molecule has 0 saturated heterocycles. The second-order valence-electron chi connectivity index (χ2n) is 7.49. The minimum absolute atomic E-state index is 0.0366. The number of carbonyl (C=O) groups is 1. The first-order valence-corrected chi connectivity index (χ1v) is 10.3. The summed E-state index contributed by atoms with van der Waals surface area (Å²) in [6, 6.07) is 13.5. The van der Waals surface area contributed by atoms with Crippen LogP contribution in [-0.4, -0.2) is 48.6 Å². The van der Waals surface area contributed by atoms with Crippen LogP contribution in [0.25, 0.3) is 10.9 Å². The van der Waals surface area contributed by atoms with E-state index in [0.29, 0.717) is 12.2 Å². The zero-order valence-electron chi connectivity index (χ0n) is 17.6. The van der Waals surface area contributed by atoms with Crippen LogP contribution < -0.4 is 9.47 Å². The van der Waals surface area contributed by atoms with E-state index in [2.05, 4.69) is 30.2 Å². The largest absolute Gasteiger partial charge is 0.497 e. The lowest BCUT2D eigenvalue weighted by Crippen LogP contribution is -2.35. The monoisotopic (exact) mass is 392 g/mol. The van der Waals surface area contributed by atoms with Gasteiger partial charge in [0.2, 0.25) is 0 Å². The Morgan fingerprint density at radius 2 is 1.90 bits per heavy atom. The molecule has 0 aliphatic carbocycles. The van der Waals surface area contributed by atoms with E-state index in [4.69, 9.17) is 9.47 Å². The Kier molecular flexibility index (Phi) is 5.33. The number of ether oxygens (including phenoxy) is 2. The highest BCUT2D eigenvalue weighted by atomic mass is 16.5. The molecule has 2 heterocycles. The number of ketones is 1. The number of hydrogen-bond acceptors (Lipinski definition) is 4. The predicted molar refractivity (Wildman–Crippen MR) is 115 cm³/mol. The van der Waals surface area contributed by atoms with Crippen LogP contribution in [0.4, 0.5) is 0 Å². The van der Waals surface area contributed by atoms with Crippen LogP contribution in [0.5, 0.6) is 11.5 Å². The summed E-state index contributed by atoms with van der Waals surface area (Å²) in [7, 11) is 1.63. The summed E-state index contributed by atoms with van der Waals surface area (Å²) in [4.78, 5) is 15.9. The minimum atomic E-state index is 0.0366. The molecule has 1 atom stereocenters. The fraction of sp³-hybridized carbons (Fsp3) is 0.375. The Morgan fingerprint density at radius 1 is 1.17 bits per heavy atom. The van der Waals surface area contributed by atoms with E-state index in [0.717, 1.165) is 53.3 Å². The van der Waals surface area contributed by atoms with Crippen LogP contribution in [-0.2, 0) is 0 Å². The fourth-order valence-electron chi connectivity index (χ4n) is 4.38. The second kappa shape index (κ2) is 7.91. The molecule has 152 valence electrons. The molecule has 0 amide bonds. The van der Waals surface area contributed by atoms with Crippen LogP contribution in [0.15, 0.2) is 42.5 Å². The average molecular weight is 392 g/mol. The Hall–Kier alpha value is -2.79. The van der Waals surface area contributed by atoms with Crippen molar-refractivity contribution in [3.63, 3.8) is 0 Å². The van der Waals surface area contributed by atoms with Crippen molar-refractivity contribution in [2.24, 2.45) is 0 Å². The van der Waals surface area contributed by atoms with E-state index in [9.17, 15) is 4.79 Å². The lowest BCUT2D eigenvalue weighted by molar-refractivity contribution is 0.103. The third-order valence-electron chi connectivity index (χ3n) is 5.97. The van der Waals surface area contributed by atoms with E-state index in [1.807, 2.05) is 42.5 Å². The molecule has 29 heavy (non-hydrogen) atoms. The molecule has 4 rings (SSSR count). The number of rotatable bonds is 7. The van der Waals surface area contributed by atoms with Gasteiger partial charge < -0.3 is 18.9 Å². The minimum Gasteiger partial charge on any atom is -0.497 e. The summed E-state index contributed by atoms with van der Waals surface area (Å²) in [5.41, 5.74) is 3.47. The summed E-state index contributed by atoms with van der Waals surface area (Å²) in [5, 5.41) is 0.963. The van der Waals surface area contributed by atoms with Crippen LogP contribution in [0.2, 0.25) is 0 Å². The van der Waals surface area contributed by atoms with Crippen LogP contribution in [0.1, 0.15) is 41.5 Å². The van der Waals surface area contributed by atoms with Gasteiger partial charge in [0.25, 0.3) is 0 Å². The van der Waals surface area contributed by atoms with Gasteiger partial charge in [-0.2, -0.15) is 0 Å². The summed E-state index contributed by atoms with van der Waals surface area (Å²) in [5.74, 6) is 1.64. The zero-order valence-corrected chi connectivity index (χ0v) is 17.6. The summed E-state index contributed by atoms with van der Waals surface area (Å²) in [6.07, 6.45) is 0. The molecule has 5 heteroatoms. The molecule has 0 saturated carbocycles. The number of aromatic nitrogens is 1. The van der Waals surface area contributed by atoms with Gasteiger partial charge in [0.15, 0.2) is 5.78 Å². The molecule has 1 aliphatic rings. The molecule has 1 aliphatic heterocycles. The van der Waals surface area contributed by atoms with Gasteiger partial charge in [0.1, 0.15) is 18.1 Å². The van der Waals surface area contributed by atoms with Crippen molar-refractivity contribution in [3.05, 3.63) is 59.3 Å². The van der Waals surface area contributed by atoms with Gasteiger partial charge in [0.05, 0.1) is 24.2 Å². The standard InChI is InChI=1S/C24H28N2O3/c1-5-25(6-2)14-18-15-29-21-9-7-8-20-22(16(3)26(18)23(20)21)24(27)17-10-12-19(28-4)13-11-17/h7-13,18H,5-6,14-15H2,1-4H3. The predicted octanol–water partition coefficient (Wildman–Crippen LogP) is 4.46. The lowest BCUT2D eigenvalue weighted by atomic mass is 10.0. The van der Waals surface area contributed by atoms with E-state index >= 15 is 0 Å². The third kappa shape index (κ3) is 3.29. The highest BCUT2D eigenvalue weighted by Gasteiger charge is 2.30. The molecule has 0 N–H and O–H groups in total. The molecule has 5 nitrogen and oxygen atoms in total. The third-order valence-corrected chi connectivity index (χ3v) is 5.97. The van der Waals surface area contributed by atoms with Crippen LogP contribution in [0, 0.1) is 6.92 Å². The number of nitrogens with zero attached hydrogens (tertiary/aromatic N) is 2. The molecule has 0 bridgehead atoms. The molecule has 3 aromatic rings. The molecule has 1 unspecified atom stereocenters. The number of likely N-dealkylation sites (N-methyl/N-ethyl adjacent to an activating group) is 1. The number of methoxy groups -OCH3 is 1. The van der Waals surface area contributed by atoms with E-state index in [-0.39, 0.29) is 11.8 Å². The molecule has 2 aromatic carbocycles. The van der Waals surface area contributed by atoms with Gasteiger partial charge in [-0.25, -0.2) is 0 Å². The van der Waals surface area contributed by atoms with Gasteiger partial charge in [-0.15, -0.1) is 0 Å².